The first-order valence-electron chi connectivity index (χ1n) is 11.2. The average Bonchev–Trinajstić information content (AvgIpc) is 3.24. The van der Waals surface area contributed by atoms with Gasteiger partial charge in [0.15, 0.2) is 11.5 Å². The SMILES string of the molecule is COc1cc2c(cc1OC)C(C(C)C)N(C(=O)CC(C)N)CC2.N#CC1CCCN1C=O. The van der Waals surface area contributed by atoms with Crippen LogP contribution in [0.2, 0.25) is 0 Å². The van der Waals surface area contributed by atoms with Crippen LogP contribution in [0.1, 0.15) is 57.2 Å². The molecule has 1 saturated heterocycles. The highest BCUT2D eigenvalue weighted by molar-refractivity contribution is 5.78. The van der Waals surface area contributed by atoms with Crippen molar-refractivity contribution < 1.29 is 19.1 Å². The fraction of sp³-hybridized carbons (Fsp3) is 0.625. The molecule has 2 aliphatic heterocycles. The Kier molecular flexibility index (Phi) is 9.33. The Morgan fingerprint density at radius 3 is 2.41 bits per heavy atom. The molecule has 0 saturated carbocycles. The van der Waals surface area contributed by atoms with Crippen molar-refractivity contribution in [3.05, 3.63) is 23.3 Å². The second kappa shape index (κ2) is 11.7. The van der Waals surface area contributed by atoms with Crippen molar-refractivity contribution in [2.45, 2.75) is 64.6 Å². The molecule has 2 amide bonds. The summed E-state index contributed by atoms with van der Waals surface area (Å²) in [6, 6.07) is 5.89. The number of nitriles is 1. The highest BCUT2D eigenvalue weighted by atomic mass is 16.5. The van der Waals surface area contributed by atoms with Crippen molar-refractivity contribution >= 4 is 12.3 Å². The summed E-state index contributed by atoms with van der Waals surface area (Å²) in [5.41, 5.74) is 8.20. The van der Waals surface area contributed by atoms with Gasteiger partial charge in [0, 0.05) is 25.6 Å². The van der Waals surface area contributed by atoms with E-state index in [9.17, 15) is 9.59 Å². The van der Waals surface area contributed by atoms with E-state index in [1.54, 1.807) is 19.1 Å². The van der Waals surface area contributed by atoms with Gasteiger partial charge in [-0.05, 0) is 55.4 Å². The first-order chi connectivity index (χ1) is 15.3. The Balaban J connectivity index is 0.000000336. The molecule has 1 fully saturated rings. The molecule has 1 aromatic rings. The fourth-order valence-corrected chi connectivity index (χ4v) is 4.42. The molecule has 2 heterocycles. The second-order valence-corrected chi connectivity index (χ2v) is 8.74. The minimum Gasteiger partial charge on any atom is -0.493 e. The molecular weight excluding hydrogens is 408 g/mol. The monoisotopic (exact) mass is 444 g/mol. The molecule has 3 unspecified atom stereocenters. The number of nitrogens with zero attached hydrogens (tertiary/aromatic N) is 3. The standard InChI is InChI=1S/C18H28N2O3.C6H8N2O/c1-11(2)18-14-10-16(23-5)15(22-4)9-13(14)6-7-20(18)17(21)8-12(3)19;7-4-6-2-1-3-8(6)5-9/h9-12,18H,6-8,19H2,1-5H3;5-6H,1-3H2. The highest BCUT2D eigenvalue weighted by Crippen LogP contribution is 2.41. The maximum atomic E-state index is 12.6. The van der Waals surface area contributed by atoms with Crippen LogP contribution in [0.3, 0.4) is 0 Å². The molecule has 0 aliphatic carbocycles. The van der Waals surface area contributed by atoms with E-state index in [2.05, 4.69) is 19.9 Å². The number of fused-ring (bicyclic) bond motifs is 1. The van der Waals surface area contributed by atoms with Crippen LogP contribution in [0, 0.1) is 17.2 Å². The van der Waals surface area contributed by atoms with Gasteiger partial charge >= 0.3 is 0 Å². The predicted molar refractivity (Wildman–Crippen MR) is 122 cm³/mol. The van der Waals surface area contributed by atoms with Crippen molar-refractivity contribution in [3.8, 4) is 17.6 Å². The molecule has 0 radical (unpaired) electrons. The molecule has 2 aliphatic rings. The molecule has 2 N–H and O–H groups in total. The van der Waals surface area contributed by atoms with E-state index in [1.807, 2.05) is 24.0 Å². The minimum absolute atomic E-state index is 0.0461. The summed E-state index contributed by atoms with van der Waals surface area (Å²) in [5.74, 6) is 1.88. The van der Waals surface area contributed by atoms with E-state index in [1.165, 1.54) is 5.56 Å². The summed E-state index contributed by atoms with van der Waals surface area (Å²) in [6.07, 6.45) is 3.77. The van der Waals surface area contributed by atoms with Crippen molar-refractivity contribution in [1.29, 1.82) is 5.26 Å². The van der Waals surface area contributed by atoms with E-state index < -0.39 is 0 Å². The maximum Gasteiger partial charge on any atom is 0.224 e. The van der Waals surface area contributed by atoms with Crippen LogP contribution in [0.25, 0.3) is 0 Å². The van der Waals surface area contributed by atoms with Crippen LogP contribution in [0.15, 0.2) is 12.1 Å². The minimum atomic E-state index is -0.150. The lowest BCUT2D eigenvalue weighted by Crippen LogP contribution is -2.43. The van der Waals surface area contributed by atoms with E-state index >= 15 is 0 Å². The van der Waals surface area contributed by atoms with Gasteiger partial charge in [-0.3, -0.25) is 9.59 Å². The Hall–Kier alpha value is -2.79. The number of nitrogens with two attached hydrogens (primary N) is 1. The van der Waals surface area contributed by atoms with Crippen LogP contribution in [0.5, 0.6) is 11.5 Å². The van der Waals surface area contributed by atoms with Gasteiger partial charge in [0.2, 0.25) is 12.3 Å². The number of carbonyl (C=O) groups excluding carboxylic acids is 2. The average molecular weight is 445 g/mol. The Morgan fingerprint density at radius 1 is 1.25 bits per heavy atom. The van der Waals surface area contributed by atoms with Crippen molar-refractivity contribution in [3.63, 3.8) is 0 Å². The quantitative estimate of drug-likeness (QED) is 0.676. The Bertz CT molecular complexity index is 834. The van der Waals surface area contributed by atoms with E-state index in [-0.39, 0.29) is 24.0 Å². The van der Waals surface area contributed by atoms with Crippen LogP contribution in [0.4, 0.5) is 0 Å². The summed E-state index contributed by atoms with van der Waals surface area (Å²) >= 11 is 0. The summed E-state index contributed by atoms with van der Waals surface area (Å²) in [5, 5.41) is 8.42. The van der Waals surface area contributed by atoms with Crippen molar-refractivity contribution in [1.82, 2.24) is 9.80 Å². The van der Waals surface area contributed by atoms with Crippen molar-refractivity contribution in [2.75, 3.05) is 27.3 Å². The number of hydrogen-bond donors (Lipinski definition) is 1. The van der Waals surface area contributed by atoms with Crippen LogP contribution < -0.4 is 15.2 Å². The second-order valence-electron chi connectivity index (χ2n) is 8.74. The number of carbonyl (C=O) groups is 2. The number of ether oxygens (including phenoxy) is 2. The third-order valence-corrected chi connectivity index (χ3v) is 5.95. The van der Waals surface area contributed by atoms with Crippen LogP contribution in [-0.2, 0) is 16.0 Å². The molecule has 0 aromatic heterocycles. The van der Waals surface area contributed by atoms with Gasteiger partial charge in [-0.25, -0.2) is 0 Å². The normalized spacial score (nSPS) is 20.6. The zero-order valence-corrected chi connectivity index (χ0v) is 19.8. The van der Waals surface area contributed by atoms with Gasteiger partial charge in [-0.2, -0.15) is 5.26 Å². The molecule has 0 bridgehead atoms. The van der Waals surface area contributed by atoms with Crippen molar-refractivity contribution in [2.24, 2.45) is 11.7 Å². The first kappa shape index (κ1) is 25.5. The number of rotatable bonds is 6. The molecule has 32 heavy (non-hydrogen) atoms. The topological polar surface area (TPSA) is 109 Å². The number of methoxy groups -OCH3 is 2. The predicted octanol–water partition coefficient (Wildman–Crippen LogP) is 2.65. The van der Waals surface area contributed by atoms with Gasteiger partial charge in [-0.1, -0.05) is 13.8 Å². The number of likely N-dealkylation sites (tertiary alicyclic amines) is 1. The third kappa shape index (κ3) is 5.92. The zero-order valence-electron chi connectivity index (χ0n) is 19.8. The molecule has 3 atom stereocenters. The summed E-state index contributed by atoms with van der Waals surface area (Å²) < 4.78 is 10.8. The molecule has 8 nitrogen and oxygen atoms in total. The molecule has 0 spiro atoms. The molecule has 8 heteroatoms. The van der Waals surface area contributed by atoms with E-state index in [0.717, 1.165) is 50.1 Å². The van der Waals surface area contributed by atoms with Gasteiger partial charge in [0.25, 0.3) is 0 Å². The Morgan fingerprint density at radius 2 is 1.91 bits per heavy atom. The number of amides is 2. The van der Waals surface area contributed by atoms with E-state index in [4.69, 9.17) is 20.5 Å². The lowest BCUT2D eigenvalue weighted by Gasteiger charge is -2.40. The third-order valence-electron chi connectivity index (χ3n) is 5.95. The lowest BCUT2D eigenvalue weighted by atomic mass is 9.85. The number of hydrogen-bond acceptors (Lipinski definition) is 6. The highest BCUT2D eigenvalue weighted by Gasteiger charge is 2.34. The fourth-order valence-electron chi connectivity index (χ4n) is 4.42. The molecule has 1 aromatic carbocycles. The van der Waals surface area contributed by atoms with Crippen LogP contribution in [-0.4, -0.2) is 61.5 Å². The van der Waals surface area contributed by atoms with E-state index in [0.29, 0.717) is 18.1 Å². The lowest BCUT2D eigenvalue weighted by molar-refractivity contribution is -0.135. The zero-order chi connectivity index (χ0) is 23.8. The molecular formula is C24H36N4O4. The van der Waals surface area contributed by atoms with Gasteiger partial charge < -0.3 is 25.0 Å². The van der Waals surface area contributed by atoms with Gasteiger partial charge in [-0.15, -0.1) is 0 Å². The summed E-state index contributed by atoms with van der Waals surface area (Å²) in [4.78, 5) is 26.3. The first-order valence-corrected chi connectivity index (χ1v) is 11.2. The van der Waals surface area contributed by atoms with Crippen LogP contribution >= 0.6 is 0 Å². The molecule has 3 rings (SSSR count). The smallest absolute Gasteiger partial charge is 0.224 e. The van der Waals surface area contributed by atoms with Gasteiger partial charge in [0.05, 0.1) is 26.3 Å². The Labute approximate surface area is 191 Å². The van der Waals surface area contributed by atoms with Gasteiger partial charge in [0.1, 0.15) is 6.04 Å². The maximum absolute atomic E-state index is 12.6. The molecule has 176 valence electrons. The number of benzene rings is 1. The largest absolute Gasteiger partial charge is 0.493 e. The summed E-state index contributed by atoms with van der Waals surface area (Å²) in [7, 11) is 3.28. The summed E-state index contributed by atoms with van der Waals surface area (Å²) in [6.45, 7) is 7.62.